The molecule has 3 aliphatic rings. The van der Waals surface area contributed by atoms with Gasteiger partial charge in [0, 0.05) is 54.5 Å². The van der Waals surface area contributed by atoms with Gasteiger partial charge in [0.05, 0.1) is 12.2 Å². The normalized spacial score (nSPS) is 40.4. The molecule has 3 fully saturated rings. The van der Waals surface area contributed by atoms with Crippen LogP contribution in [0, 0.1) is 5.92 Å². The van der Waals surface area contributed by atoms with Crippen LogP contribution >= 0.6 is 0 Å². The lowest BCUT2D eigenvalue weighted by atomic mass is 9.93. The molecule has 3 heterocycles. The molecule has 1 N–H and O–H groups in total. The first-order valence-electron chi connectivity index (χ1n) is 6.57. The van der Waals surface area contributed by atoms with Gasteiger partial charge in [-0.15, -0.1) is 0 Å². The smallest absolute Gasteiger partial charge is 0.0948 e. The fourth-order valence-electron chi connectivity index (χ4n) is 2.91. The van der Waals surface area contributed by atoms with E-state index in [2.05, 4.69) is 5.32 Å². The van der Waals surface area contributed by atoms with E-state index in [1.165, 1.54) is 0 Å². The molecule has 0 saturated carbocycles. The molecule has 3 rings (SSSR count). The van der Waals surface area contributed by atoms with E-state index in [1.807, 2.05) is 0 Å². The van der Waals surface area contributed by atoms with Gasteiger partial charge in [0.2, 0.25) is 0 Å². The Morgan fingerprint density at radius 3 is 2.88 bits per heavy atom. The molecule has 0 aromatic carbocycles. The van der Waals surface area contributed by atoms with Crippen LogP contribution in [0.25, 0.3) is 0 Å². The second-order valence-electron chi connectivity index (χ2n) is 5.52. The van der Waals surface area contributed by atoms with Crippen molar-refractivity contribution in [2.75, 3.05) is 38.7 Å². The number of hydrogen-bond acceptors (Lipinski definition) is 4. The summed E-state index contributed by atoms with van der Waals surface area (Å²) in [5, 5.41) is 3.56. The molecule has 0 bridgehead atoms. The van der Waals surface area contributed by atoms with Crippen molar-refractivity contribution in [2.45, 2.75) is 30.1 Å². The third kappa shape index (κ3) is 2.57. The predicted octanol–water partition coefficient (Wildman–Crippen LogP) is 0.293. The van der Waals surface area contributed by atoms with E-state index in [0.717, 1.165) is 51.3 Å². The van der Waals surface area contributed by atoms with Gasteiger partial charge in [-0.05, 0) is 18.8 Å². The second kappa shape index (κ2) is 4.96. The highest BCUT2D eigenvalue weighted by molar-refractivity contribution is 7.85. The fraction of sp³-hybridized carbons (Fsp3) is 1.00. The minimum Gasteiger partial charge on any atom is -0.378 e. The summed E-state index contributed by atoms with van der Waals surface area (Å²) in [5.74, 6) is 1.50. The van der Waals surface area contributed by atoms with Crippen molar-refractivity contribution in [3.63, 3.8) is 0 Å². The maximum Gasteiger partial charge on any atom is 0.0948 e. The average Bonchev–Trinajstić information content (AvgIpc) is 2.71. The highest BCUT2D eigenvalue weighted by atomic mass is 32.2. The van der Waals surface area contributed by atoms with Crippen LogP contribution in [0.15, 0.2) is 0 Å². The Balaban J connectivity index is 1.56. The van der Waals surface area contributed by atoms with Crippen LogP contribution in [-0.4, -0.2) is 53.7 Å². The van der Waals surface area contributed by atoms with E-state index < -0.39 is 10.8 Å². The van der Waals surface area contributed by atoms with Crippen molar-refractivity contribution in [1.82, 2.24) is 5.32 Å². The van der Waals surface area contributed by atoms with E-state index in [0.29, 0.717) is 17.8 Å². The zero-order valence-electron chi connectivity index (χ0n) is 10.2. The molecular weight excluding hydrogens is 238 g/mol. The van der Waals surface area contributed by atoms with Crippen LogP contribution in [0.3, 0.4) is 0 Å². The summed E-state index contributed by atoms with van der Waals surface area (Å²) in [4.78, 5) is 0. The van der Waals surface area contributed by atoms with Gasteiger partial charge in [-0.1, -0.05) is 0 Å². The molecule has 17 heavy (non-hydrogen) atoms. The third-order valence-corrected chi connectivity index (χ3v) is 6.10. The Hall–Kier alpha value is 0.0300. The molecular formula is C12H21NO3S. The third-order valence-electron chi connectivity index (χ3n) is 4.15. The second-order valence-corrected chi connectivity index (χ2v) is 7.28. The standard InChI is InChI=1S/C12H21NO3S/c14-17(8-10-6-13-7-10)11-1-3-16-12(5-11)2-4-15-9-12/h10-11,13H,1-9H2. The van der Waals surface area contributed by atoms with Crippen LogP contribution in [0.2, 0.25) is 0 Å². The van der Waals surface area contributed by atoms with Crippen LogP contribution < -0.4 is 5.32 Å². The first-order valence-corrected chi connectivity index (χ1v) is 7.95. The monoisotopic (exact) mass is 259 g/mol. The van der Waals surface area contributed by atoms with E-state index >= 15 is 0 Å². The number of rotatable bonds is 3. The van der Waals surface area contributed by atoms with Gasteiger partial charge in [-0.2, -0.15) is 0 Å². The van der Waals surface area contributed by atoms with Crippen LogP contribution in [-0.2, 0) is 20.3 Å². The highest BCUT2D eigenvalue weighted by Crippen LogP contribution is 2.35. The Morgan fingerprint density at radius 1 is 1.35 bits per heavy atom. The average molecular weight is 259 g/mol. The molecule has 3 aliphatic heterocycles. The zero-order valence-corrected chi connectivity index (χ0v) is 11.0. The maximum atomic E-state index is 12.3. The van der Waals surface area contributed by atoms with Crippen molar-refractivity contribution >= 4 is 10.8 Å². The fourth-order valence-corrected chi connectivity index (χ4v) is 4.73. The highest BCUT2D eigenvalue weighted by Gasteiger charge is 2.42. The zero-order chi connectivity index (χ0) is 11.7. The molecule has 3 saturated heterocycles. The molecule has 0 aliphatic carbocycles. The largest absolute Gasteiger partial charge is 0.378 e. The van der Waals surface area contributed by atoms with Gasteiger partial charge < -0.3 is 14.8 Å². The van der Waals surface area contributed by atoms with E-state index in [4.69, 9.17) is 9.47 Å². The van der Waals surface area contributed by atoms with Crippen LogP contribution in [0.4, 0.5) is 0 Å². The lowest BCUT2D eigenvalue weighted by Crippen LogP contribution is -2.48. The summed E-state index contributed by atoms with van der Waals surface area (Å²) in [6.45, 7) is 4.34. The van der Waals surface area contributed by atoms with Crippen molar-refractivity contribution in [1.29, 1.82) is 0 Å². The summed E-state index contributed by atoms with van der Waals surface area (Å²) in [6, 6.07) is 0. The predicted molar refractivity (Wildman–Crippen MR) is 66.5 cm³/mol. The molecule has 0 radical (unpaired) electrons. The summed E-state index contributed by atoms with van der Waals surface area (Å²) in [7, 11) is -0.683. The van der Waals surface area contributed by atoms with Crippen molar-refractivity contribution in [3.8, 4) is 0 Å². The van der Waals surface area contributed by atoms with Gasteiger partial charge in [-0.3, -0.25) is 4.21 Å². The molecule has 0 amide bonds. The van der Waals surface area contributed by atoms with Crippen LogP contribution in [0.5, 0.6) is 0 Å². The molecule has 0 aromatic heterocycles. The Kier molecular flexibility index (Phi) is 3.52. The quantitative estimate of drug-likeness (QED) is 0.791. The molecule has 4 nitrogen and oxygen atoms in total. The molecule has 3 unspecified atom stereocenters. The molecule has 1 spiro atoms. The van der Waals surface area contributed by atoms with Crippen molar-refractivity contribution < 1.29 is 13.7 Å². The lowest BCUT2D eigenvalue weighted by molar-refractivity contribution is -0.0774. The Bertz CT molecular complexity index is 300. The van der Waals surface area contributed by atoms with Gasteiger partial charge in [-0.25, -0.2) is 0 Å². The first-order chi connectivity index (χ1) is 8.27. The summed E-state index contributed by atoms with van der Waals surface area (Å²) in [5.41, 5.74) is -0.101. The molecule has 0 aromatic rings. The number of ether oxygens (including phenoxy) is 2. The topological polar surface area (TPSA) is 47.6 Å². The number of nitrogens with one attached hydrogen (secondary N) is 1. The van der Waals surface area contributed by atoms with Crippen molar-refractivity contribution in [3.05, 3.63) is 0 Å². The maximum absolute atomic E-state index is 12.3. The summed E-state index contributed by atoms with van der Waals surface area (Å²) >= 11 is 0. The van der Waals surface area contributed by atoms with Gasteiger partial charge in [0.1, 0.15) is 0 Å². The lowest BCUT2D eigenvalue weighted by Gasteiger charge is -2.37. The minimum atomic E-state index is -0.683. The SMILES string of the molecule is O=S(CC1CNC1)C1CCOC2(CCOC2)C1. The minimum absolute atomic E-state index is 0.101. The van der Waals surface area contributed by atoms with Crippen molar-refractivity contribution in [2.24, 2.45) is 5.92 Å². The van der Waals surface area contributed by atoms with Gasteiger partial charge >= 0.3 is 0 Å². The molecule has 5 heteroatoms. The van der Waals surface area contributed by atoms with E-state index in [-0.39, 0.29) is 5.60 Å². The van der Waals surface area contributed by atoms with E-state index in [1.54, 1.807) is 0 Å². The summed E-state index contributed by atoms with van der Waals surface area (Å²) in [6.07, 6.45) is 2.86. The number of hydrogen-bond donors (Lipinski definition) is 1. The molecule has 98 valence electrons. The Labute approximate surface area is 105 Å². The van der Waals surface area contributed by atoms with E-state index in [9.17, 15) is 4.21 Å². The van der Waals surface area contributed by atoms with Gasteiger partial charge in [0.25, 0.3) is 0 Å². The first kappa shape index (κ1) is 12.1. The van der Waals surface area contributed by atoms with Crippen LogP contribution in [0.1, 0.15) is 19.3 Å². The van der Waals surface area contributed by atoms with Gasteiger partial charge in [0.15, 0.2) is 0 Å². The Morgan fingerprint density at radius 2 is 2.24 bits per heavy atom. The molecule has 3 atom stereocenters. The summed E-state index contributed by atoms with van der Waals surface area (Å²) < 4.78 is 23.7.